The molecule has 188 valence electrons. The Labute approximate surface area is 199 Å². The van der Waals surface area contributed by atoms with E-state index in [0.717, 1.165) is 38.5 Å². The van der Waals surface area contributed by atoms with Crippen LogP contribution >= 0.6 is 0 Å². The molecule has 6 heteroatoms. The second-order valence-corrected chi connectivity index (χ2v) is 12.2. The number of hydrogen-bond donors (Lipinski definition) is 0. The minimum atomic E-state index is -0.359. The predicted molar refractivity (Wildman–Crippen MR) is 125 cm³/mol. The van der Waals surface area contributed by atoms with Crippen molar-refractivity contribution < 1.29 is 28.6 Å². The molecule has 3 fully saturated rings. The number of methoxy groups -OCH3 is 2. The minimum absolute atomic E-state index is 0.0606. The highest BCUT2D eigenvalue weighted by Crippen LogP contribution is 2.73. The molecule has 0 spiro atoms. The third kappa shape index (κ3) is 3.99. The summed E-state index contributed by atoms with van der Waals surface area (Å²) in [5, 5.41) is 0. The molecule has 0 aromatic rings. The van der Waals surface area contributed by atoms with Crippen molar-refractivity contribution in [1.29, 1.82) is 0 Å². The Hall–Kier alpha value is -1.59. The van der Waals surface area contributed by atoms with Gasteiger partial charge in [0.15, 0.2) is 0 Å². The summed E-state index contributed by atoms with van der Waals surface area (Å²) in [6.45, 7) is 13.0. The van der Waals surface area contributed by atoms with Gasteiger partial charge in [-0.2, -0.15) is 0 Å². The van der Waals surface area contributed by atoms with Crippen molar-refractivity contribution in [2.45, 2.75) is 99.0 Å². The van der Waals surface area contributed by atoms with E-state index in [9.17, 15) is 14.4 Å². The molecule has 3 saturated carbocycles. The quantitative estimate of drug-likeness (QED) is 0.405. The van der Waals surface area contributed by atoms with Crippen LogP contribution in [0.15, 0.2) is 0 Å². The Balaban J connectivity index is 2.00. The number of hydrogen-bond acceptors (Lipinski definition) is 6. The first kappa shape index (κ1) is 26.0. The fraction of sp³-hybridized carbons (Fsp3) is 0.889. The molecule has 0 aromatic carbocycles. The van der Waals surface area contributed by atoms with E-state index in [4.69, 9.17) is 14.2 Å². The van der Waals surface area contributed by atoms with Crippen molar-refractivity contribution in [2.75, 3.05) is 14.2 Å². The predicted octanol–water partition coefficient (Wildman–Crippen LogP) is 5.32. The van der Waals surface area contributed by atoms with Crippen LogP contribution in [0.5, 0.6) is 0 Å². The summed E-state index contributed by atoms with van der Waals surface area (Å²) in [6, 6.07) is 0. The molecular formula is C27H44O6. The molecule has 2 unspecified atom stereocenters. The number of fused-ring (bicyclic) bond motifs is 3. The zero-order chi connectivity index (χ0) is 24.8. The monoisotopic (exact) mass is 464 g/mol. The average Bonchev–Trinajstić information content (AvgIpc) is 2.74. The zero-order valence-corrected chi connectivity index (χ0v) is 21.9. The van der Waals surface area contributed by atoms with Gasteiger partial charge in [0.1, 0.15) is 6.10 Å². The first-order valence-corrected chi connectivity index (χ1v) is 12.6. The maximum atomic E-state index is 12.9. The summed E-state index contributed by atoms with van der Waals surface area (Å²) in [6.07, 6.45) is 6.51. The lowest BCUT2D eigenvalue weighted by molar-refractivity contribution is -0.233. The van der Waals surface area contributed by atoms with Gasteiger partial charge in [0, 0.05) is 18.8 Å². The average molecular weight is 465 g/mol. The van der Waals surface area contributed by atoms with Crippen LogP contribution in [-0.2, 0) is 28.6 Å². The second-order valence-electron chi connectivity index (χ2n) is 12.2. The Morgan fingerprint density at radius 2 is 1.52 bits per heavy atom. The summed E-state index contributed by atoms with van der Waals surface area (Å²) in [7, 11) is 2.89. The Morgan fingerprint density at radius 1 is 0.848 bits per heavy atom. The molecular weight excluding hydrogens is 420 g/mol. The van der Waals surface area contributed by atoms with Gasteiger partial charge in [-0.3, -0.25) is 14.4 Å². The van der Waals surface area contributed by atoms with Crippen LogP contribution in [0.3, 0.4) is 0 Å². The highest BCUT2D eigenvalue weighted by atomic mass is 16.5. The van der Waals surface area contributed by atoms with Crippen molar-refractivity contribution in [3.63, 3.8) is 0 Å². The highest BCUT2D eigenvalue weighted by molar-refractivity contribution is 5.74. The molecule has 33 heavy (non-hydrogen) atoms. The number of carbonyl (C=O) groups is 3. The lowest BCUT2D eigenvalue weighted by Gasteiger charge is -2.70. The lowest BCUT2D eigenvalue weighted by atomic mass is 9.35. The second kappa shape index (κ2) is 8.88. The minimum Gasteiger partial charge on any atom is -0.469 e. The van der Waals surface area contributed by atoms with Gasteiger partial charge in [0.2, 0.25) is 0 Å². The van der Waals surface area contributed by atoms with Crippen LogP contribution in [0, 0.1) is 39.4 Å². The molecule has 0 bridgehead atoms. The van der Waals surface area contributed by atoms with Gasteiger partial charge in [-0.1, -0.05) is 34.6 Å². The zero-order valence-electron chi connectivity index (χ0n) is 21.9. The van der Waals surface area contributed by atoms with Crippen LogP contribution in [-0.4, -0.2) is 38.2 Å². The largest absolute Gasteiger partial charge is 0.469 e. The lowest BCUT2D eigenvalue weighted by Crippen LogP contribution is -2.65. The number of ether oxygens (including phenoxy) is 3. The van der Waals surface area contributed by atoms with Crippen LogP contribution in [0.1, 0.15) is 92.9 Å². The van der Waals surface area contributed by atoms with Crippen molar-refractivity contribution in [1.82, 2.24) is 0 Å². The van der Waals surface area contributed by atoms with Crippen molar-refractivity contribution in [2.24, 2.45) is 39.4 Å². The van der Waals surface area contributed by atoms with Crippen LogP contribution < -0.4 is 0 Å². The first-order chi connectivity index (χ1) is 15.3. The number of esters is 3. The summed E-state index contributed by atoms with van der Waals surface area (Å²) in [5.41, 5.74) is -0.488. The molecule has 0 saturated heterocycles. The van der Waals surface area contributed by atoms with Crippen LogP contribution in [0.2, 0.25) is 0 Å². The number of carbonyl (C=O) groups excluding carboxylic acids is 3. The van der Waals surface area contributed by atoms with Gasteiger partial charge < -0.3 is 14.2 Å². The smallest absolute Gasteiger partial charge is 0.309 e. The van der Waals surface area contributed by atoms with E-state index >= 15 is 0 Å². The van der Waals surface area contributed by atoms with E-state index in [2.05, 4.69) is 34.6 Å². The summed E-state index contributed by atoms with van der Waals surface area (Å²) < 4.78 is 16.0. The molecule has 6 nitrogen and oxygen atoms in total. The van der Waals surface area contributed by atoms with Crippen molar-refractivity contribution >= 4 is 17.9 Å². The molecule has 3 aliphatic carbocycles. The van der Waals surface area contributed by atoms with Gasteiger partial charge in [-0.05, 0) is 73.0 Å². The maximum absolute atomic E-state index is 12.9. The third-order valence-corrected chi connectivity index (χ3v) is 10.7. The standard InChI is InChI=1S/C27H44O6/c1-17(28)33-21-12-14-25(4)19(24(21,2)3)11-15-27(6)20(25)10-9-18(23(30)32-8)26(27,5)16-13-22(29)31-7/h18-21H,9-16H2,1-8H3/t18-,19?,20?,21+,25+,26-,27-/m1/s1. The van der Waals surface area contributed by atoms with Gasteiger partial charge in [-0.15, -0.1) is 0 Å². The highest BCUT2D eigenvalue weighted by Gasteiger charge is 2.68. The Kier molecular flexibility index (Phi) is 7.01. The fourth-order valence-corrected chi connectivity index (χ4v) is 8.76. The normalized spacial score (nSPS) is 41.8. The van der Waals surface area contributed by atoms with E-state index in [0.29, 0.717) is 24.7 Å². The molecule has 0 radical (unpaired) electrons. The molecule has 3 rings (SSSR count). The van der Waals surface area contributed by atoms with E-state index in [1.807, 2.05) is 0 Å². The van der Waals surface area contributed by atoms with E-state index in [-0.39, 0.29) is 51.6 Å². The topological polar surface area (TPSA) is 78.9 Å². The Morgan fingerprint density at radius 3 is 2.09 bits per heavy atom. The summed E-state index contributed by atoms with van der Waals surface area (Å²) in [4.78, 5) is 36.8. The van der Waals surface area contributed by atoms with Crippen molar-refractivity contribution in [3.8, 4) is 0 Å². The van der Waals surface area contributed by atoms with Crippen LogP contribution in [0.4, 0.5) is 0 Å². The molecule has 0 aliphatic heterocycles. The first-order valence-electron chi connectivity index (χ1n) is 12.6. The van der Waals surface area contributed by atoms with Gasteiger partial charge in [0.25, 0.3) is 0 Å². The summed E-state index contributed by atoms with van der Waals surface area (Å²) in [5.74, 6) is 0.0394. The summed E-state index contributed by atoms with van der Waals surface area (Å²) >= 11 is 0. The van der Waals surface area contributed by atoms with Gasteiger partial charge >= 0.3 is 17.9 Å². The van der Waals surface area contributed by atoms with Gasteiger partial charge in [-0.25, -0.2) is 0 Å². The van der Waals surface area contributed by atoms with Gasteiger partial charge in [0.05, 0.1) is 20.1 Å². The Bertz CT molecular complexity index is 789. The molecule has 0 N–H and O–H groups in total. The SMILES string of the molecule is COC(=O)CC[C@]1(C)[C@@H](C(=O)OC)CCC2[C@@]3(C)CC[C@H](OC(C)=O)C(C)(C)C3CC[C@]21C. The molecule has 0 heterocycles. The maximum Gasteiger partial charge on any atom is 0.309 e. The third-order valence-electron chi connectivity index (χ3n) is 10.7. The number of rotatable bonds is 5. The van der Waals surface area contributed by atoms with E-state index in [1.165, 1.54) is 21.1 Å². The molecule has 0 amide bonds. The molecule has 3 aliphatic rings. The molecule has 0 aromatic heterocycles. The molecule has 7 atom stereocenters. The van der Waals surface area contributed by atoms with E-state index < -0.39 is 0 Å². The fourth-order valence-electron chi connectivity index (χ4n) is 8.76. The van der Waals surface area contributed by atoms with Crippen molar-refractivity contribution in [3.05, 3.63) is 0 Å². The van der Waals surface area contributed by atoms with Crippen LogP contribution in [0.25, 0.3) is 0 Å². The van der Waals surface area contributed by atoms with E-state index in [1.54, 1.807) is 0 Å².